The lowest BCUT2D eigenvalue weighted by Gasteiger charge is -2.35. The third-order valence-electron chi connectivity index (χ3n) is 7.58. The fraction of sp³-hybridized carbons (Fsp3) is 0.333. The summed E-state index contributed by atoms with van der Waals surface area (Å²) >= 11 is 0. The molecule has 3 unspecified atom stereocenters. The molecule has 4 rings (SSSR count). The van der Waals surface area contributed by atoms with E-state index in [2.05, 4.69) is 5.32 Å². The highest BCUT2D eigenvalue weighted by Crippen LogP contribution is 2.41. The number of amides is 2. The van der Waals surface area contributed by atoms with Crippen LogP contribution in [-0.2, 0) is 9.47 Å². The maximum atomic E-state index is 16.0. The van der Waals surface area contributed by atoms with Crippen LogP contribution >= 0.6 is 0 Å². The van der Waals surface area contributed by atoms with E-state index in [1.54, 1.807) is 18.2 Å². The molecule has 1 saturated heterocycles. The Kier molecular flexibility index (Phi) is 11.6. The number of nitrogens with one attached hydrogen (secondary N) is 1. The lowest BCUT2D eigenvalue weighted by Crippen LogP contribution is -2.58. The number of carboxylic acid groups (broad SMARTS) is 1. The van der Waals surface area contributed by atoms with Gasteiger partial charge in [-0.3, -0.25) is 14.5 Å². The van der Waals surface area contributed by atoms with Crippen molar-refractivity contribution in [1.82, 2.24) is 10.2 Å². The first-order valence-corrected chi connectivity index (χ1v) is 14.5. The Labute approximate surface area is 270 Å². The van der Waals surface area contributed by atoms with Gasteiger partial charge in [0.25, 0.3) is 5.91 Å². The SMILES string of the molecule is COCOc1ccc(C(=O)NC2C(C(=O)c3c(OC)cc(OC)c(OC)c3F)CCCN(C(=O)O)C2OC(=O)c2ccccc2)cc1. The number of halogens is 1. The fourth-order valence-electron chi connectivity index (χ4n) is 5.31. The number of nitrogens with zero attached hydrogens (tertiary/aromatic N) is 1. The largest absolute Gasteiger partial charge is 0.496 e. The summed E-state index contributed by atoms with van der Waals surface area (Å²) in [7, 11) is 5.18. The van der Waals surface area contributed by atoms with E-state index in [1.807, 2.05) is 0 Å². The number of Topliss-reactive ketones (excluding diaryl/α,β-unsaturated/α-hetero) is 1. The van der Waals surface area contributed by atoms with E-state index in [-0.39, 0.29) is 54.6 Å². The van der Waals surface area contributed by atoms with Crippen molar-refractivity contribution in [2.45, 2.75) is 25.1 Å². The highest BCUT2D eigenvalue weighted by Gasteiger charge is 2.46. The maximum Gasteiger partial charge on any atom is 0.410 e. The Morgan fingerprint density at radius 1 is 0.915 bits per heavy atom. The van der Waals surface area contributed by atoms with Crippen molar-refractivity contribution < 1.29 is 57.1 Å². The van der Waals surface area contributed by atoms with Crippen molar-refractivity contribution in [3.8, 4) is 23.0 Å². The molecule has 2 amide bonds. The predicted octanol–water partition coefficient (Wildman–Crippen LogP) is 4.39. The number of benzene rings is 3. The Bertz CT molecular complexity index is 1580. The number of ether oxygens (including phenoxy) is 6. The number of methoxy groups -OCH3 is 4. The van der Waals surface area contributed by atoms with Crippen molar-refractivity contribution >= 4 is 23.8 Å². The number of esters is 1. The summed E-state index contributed by atoms with van der Waals surface area (Å²) in [6.45, 7) is -0.178. The molecule has 3 aromatic rings. The summed E-state index contributed by atoms with van der Waals surface area (Å²) in [6, 6.07) is 13.5. The van der Waals surface area contributed by atoms with E-state index in [1.165, 1.54) is 70.9 Å². The second-order valence-electron chi connectivity index (χ2n) is 10.3. The molecule has 1 aliphatic heterocycles. The Morgan fingerprint density at radius 2 is 1.60 bits per heavy atom. The van der Waals surface area contributed by atoms with Crippen molar-refractivity contribution in [2.75, 3.05) is 41.8 Å². The number of likely N-dealkylation sites (tertiary alicyclic amines) is 1. The topological polar surface area (TPSA) is 159 Å². The Balaban J connectivity index is 1.82. The maximum absolute atomic E-state index is 16.0. The van der Waals surface area contributed by atoms with Crippen LogP contribution in [0.5, 0.6) is 23.0 Å². The second kappa shape index (κ2) is 15.8. The molecule has 1 fully saturated rings. The number of carbonyl (C=O) groups excluding carboxylic acids is 3. The standard InChI is InChI=1S/C33H35FN2O11/c1-42-18-46-21-14-12-19(13-15-21)30(38)35-27-22(28(37)25-23(43-2)17-24(44-3)29(45-4)26(25)34)11-8-16-36(33(40)41)31(27)47-32(39)20-9-6-5-7-10-20/h5-7,9-10,12-15,17,22,27,31H,8,11,16,18H2,1-4H3,(H,35,38)(H,40,41). The van der Waals surface area contributed by atoms with Crippen molar-refractivity contribution in [3.63, 3.8) is 0 Å². The minimum atomic E-state index is -1.70. The van der Waals surface area contributed by atoms with E-state index in [4.69, 9.17) is 28.4 Å². The van der Waals surface area contributed by atoms with E-state index in [9.17, 15) is 24.3 Å². The molecule has 14 heteroatoms. The smallest absolute Gasteiger partial charge is 0.410 e. The van der Waals surface area contributed by atoms with E-state index >= 15 is 4.39 Å². The van der Waals surface area contributed by atoms with Crippen LogP contribution in [0.1, 0.15) is 43.9 Å². The first-order chi connectivity index (χ1) is 22.6. The lowest BCUT2D eigenvalue weighted by molar-refractivity contribution is -0.0416. The van der Waals surface area contributed by atoms with Gasteiger partial charge in [0.05, 0.1) is 38.5 Å². The average Bonchev–Trinajstić information content (AvgIpc) is 3.26. The first-order valence-electron chi connectivity index (χ1n) is 14.5. The number of rotatable bonds is 12. The molecule has 0 radical (unpaired) electrons. The Hall–Kier alpha value is -5.37. The molecule has 250 valence electrons. The zero-order chi connectivity index (χ0) is 34.1. The van der Waals surface area contributed by atoms with Gasteiger partial charge in [0.15, 0.2) is 29.9 Å². The molecule has 47 heavy (non-hydrogen) atoms. The second-order valence-corrected chi connectivity index (χ2v) is 10.3. The van der Waals surface area contributed by atoms with Gasteiger partial charge in [0.2, 0.25) is 6.23 Å². The molecule has 0 bridgehead atoms. The molecule has 0 saturated carbocycles. The normalized spacial score (nSPS) is 17.6. The van der Waals surface area contributed by atoms with Crippen molar-refractivity contribution in [3.05, 3.63) is 83.2 Å². The quantitative estimate of drug-likeness (QED) is 0.162. The molecule has 3 aromatic carbocycles. The van der Waals surface area contributed by atoms with Crippen molar-refractivity contribution in [2.24, 2.45) is 5.92 Å². The lowest BCUT2D eigenvalue weighted by atomic mass is 9.85. The monoisotopic (exact) mass is 654 g/mol. The zero-order valence-electron chi connectivity index (χ0n) is 26.2. The van der Waals surface area contributed by atoms with E-state index in [0.717, 1.165) is 4.90 Å². The molecule has 0 aliphatic carbocycles. The molecular formula is C33H35FN2O11. The van der Waals surface area contributed by atoms with Crippen molar-refractivity contribution in [1.29, 1.82) is 0 Å². The summed E-state index contributed by atoms with van der Waals surface area (Å²) in [5.74, 6) is -5.02. The molecule has 3 atom stereocenters. The minimum Gasteiger partial charge on any atom is -0.496 e. The van der Waals surface area contributed by atoms with Gasteiger partial charge in [0, 0.05) is 31.2 Å². The van der Waals surface area contributed by atoms with Crippen LogP contribution in [0.4, 0.5) is 9.18 Å². The van der Waals surface area contributed by atoms with Gasteiger partial charge in [0.1, 0.15) is 11.5 Å². The molecule has 1 aliphatic rings. The van der Waals surface area contributed by atoms with Crippen LogP contribution in [-0.4, -0.2) is 87.8 Å². The molecular weight excluding hydrogens is 619 g/mol. The third kappa shape index (κ3) is 7.72. The van der Waals surface area contributed by atoms with Crippen LogP contribution in [0.15, 0.2) is 60.7 Å². The van der Waals surface area contributed by atoms with Gasteiger partial charge in [-0.2, -0.15) is 0 Å². The Morgan fingerprint density at radius 3 is 2.19 bits per heavy atom. The zero-order valence-corrected chi connectivity index (χ0v) is 26.2. The molecule has 1 heterocycles. The number of hydrogen-bond acceptors (Lipinski definition) is 10. The van der Waals surface area contributed by atoms with Gasteiger partial charge in [-0.1, -0.05) is 18.2 Å². The summed E-state index contributed by atoms with van der Waals surface area (Å²) in [6.07, 6.45) is -3.07. The van der Waals surface area contributed by atoms with Crippen LogP contribution in [0, 0.1) is 11.7 Å². The van der Waals surface area contributed by atoms with Crippen LogP contribution < -0.4 is 24.3 Å². The van der Waals surface area contributed by atoms with Gasteiger partial charge < -0.3 is 38.8 Å². The van der Waals surface area contributed by atoms with Gasteiger partial charge in [-0.15, -0.1) is 0 Å². The van der Waals surface area contributed by atoms with Gasteiger partial charge >= 0.3 is 12.1 Å². The molecule has 0 spiro atoms. The summed E-state index contributed by atoms with van der Waals surface area (Å²) < 4.78 is 47.7. The third-order valence-corrected chi connectivity index (χ3v) is 7.58. The molecule has 13 nitrogen and oxygen atoms in total. The van der Waals surface area contributed by atoms with Crippen LogP contribution in [0.3, 0.4) is 0 Å². The highest BCUT2D eigenvalue weighted by atomic mass is 19.1. The molecule has 0 aromatic heterocycles. The number of carbonyl (C=O) groups is 4. The average molecular weight is 655 g/mol. The summed E-state index contributed by atoms with van der Waals surface area (Å²) in [5, 5.41) is 12.9. The molecule has 2 N–H and O–H groups in total. The number of hydrogen-bond donors (Lipinski definition) is 2. The van der Waals surface area contributed by atoms with Gasteiger partial charge in [-0.05, 0) is 49.2 Å². The first kappa shape index (κ1) is 34.5. The van der Waals surface area contributed by atoms with Crippen LogP contribution in [0.2, 0.25) is 0 Å². The summed E-state index contributed by atoms with van der Waals surface area (Å²) in [5.41, 5.74) is -0.282. The number of ketones is 1. The predicted molar refractivity (Wildman–Crippen MR) is 164 cm³/mol. The van der Waals surface area contributed by atoms with E-state index in [0.29, 0.717) is 5.75 Å². The minimum absolute atomic E-state index is 0.0202. The highest BCUT2D eigenvalue weighted by molar-refractivity contribution is 6.03. The fourth-order valence-corrected chi connectivity index (χ4v) is 5.31. The van der Waals surface area contributed by atoms with E-state index < -0.39 is 53.3 Å². The summed E-state index contributed by atoms with van der Waals surface area (Å²) in [4.78, 5) is 54.7. The van der Waals surface area contributed by atoms with Crippen LogP contribution in [0.25, 0.3) is 0 Å². The van der Waals surface area contributed by atoms with Gasteiger partial charge in [-0.25, -0.2) is 14.0 Å².